The summed E-state index contributed by atoms with van der Waals surface area (Å²) in [5.41, 5.74) is 6.18. The van der Waals surface area contributed by atoms with Crippen molar-refractivity contribution in [2.24, 2.45) is 12.8 Å². The lowest BCUT2D eigenvalue weighted by Gasteiger charge is -2.15. The highest BCUT2D eigenvalue weighted by atomic mass is 32.2. The highest BCUT2D eigenvalue weighted by Crippen LogP contribution is 2.17. The van der Waals surface area contributed by atoms with E-state index in [-0.39, 0.29) is 23.7 Å². The van der Waals surface area contributed by atoms with Crippen LogP contribution in [0.25, 0.3) is 0 Å². The van der Waals surface area contributed by atoms with E-state index in [1.807, 2.05) is 0 Å². The third-order valence-electron chi connectivity index (χ3n) is 2.78. The average Bonchev–Trinajstić information content (AvgIpc) is 2.66. The lowest BCUT2D eigenvalue weighted by Crippen LogP contribution is -2.31. The first-order valence-electron chi connectivity index (χ1n) is 5.57. The molecule has 0 spiro atoms. The largest absolute Gasteiger partial charge is 0.352 e. The molecule has 19 heavy (non-hydrogen) atoms. The van der Waals surface area contributed by atoms with Crippen LogP contribution in [0.1, 0.15) is 5.69 Å². The second-order valence-corrected chi connectivity index (χ2v) is 8.74. The van der Waals surface area contributed by atoms with Gasteiger partial charge in [-0.3, -0.25) is 0 Å². The second kappa shape index (κ2) is 5.61. The first-order chi connectivity index (χ1) is 8.58. The Morgan fingerprint density at radius 1 is 1.32 bits per heavy atom. The molecule has 0 aliphatic rings. The molecule has 2 N–H and O–H groups in total. The van der Waals surface area contributed by atoms with Gasteiger partial charge in [-0.15, -0.1) is 0 Å². The van der Waals surface area contributed by atoms with Gasteiger partial charge in [0.05, 0.1) is 5.75 Å². The van der Waals surface area contributed by atoms with Crippen molar-refractivity contribution in [3.8, 4) is 0 Å². The molecular formula is C10H19N3O4S2. The maximum Gasteiger partial charge on any atom is 0.244 e. The van der Waals surface area contributed by atoms with Crippen molar-refractivity contribution in [1.29, 1.82) is 0 Å². The number of nitrogens with two attached hydrogens (primary N) is 1. The molecule has 0 saturated carbocycles. The summed E-state index contributed by atoms with van der Waals surface area (Å²) < 4.78 is 49.2. The Morgan fingerprint density at radius 3 is 2.32 bits per heavy atom. The van der Waals surface area contributed by atoms with E-state index >= 15 is 0 Å². The topological polar surface area (TPSA) is 102 Å². The zero-order chi connectivity index (χ0) is 14.8. The molecule has 0 unspecified atom stereocenters. The summed E-state index contributed by atoms with van der Waals surface area (Å²) in [5, 5.41) is 0. The smallest absolute Gasteiger partial charge is 0.244 e. The molecule has 110 valence electrons. The van der Waals surface area contributed by atoms with Crippen molar-refractivity contribution in [3.05, 3.63) is 18.0 Å². The van der Waals surface area contributed by atoms with Crippen LogP contribution in [0.4, 0.5) is 0 Å². The van der Waals surface area contributed by atoms with Crippen molar-refractivity contribution in [3.63, 3.8) is 0 Å². The van der Waals surface area contributed by atoms with Gasteiger partial charge < -0.3 is 10.3 Å². The molecule has 0 aliphatic heterocycles. The molecule has 1 aromatic rings. The SMILES string of the molecule is CN(CCS(C)(=O)=O)S(=O)(=O)c1cc(CN)n(C)c1. The fraction of sp³-hybridized carbons (Fsp3) is 0.600. The minimum atomic E-state index is -3.68. The number of rotatable bonds is 6. The number of hydrogen-bond donors (Lipinski definition) is 1. The minimum Gasteiger partial charge on any atom is -0.352 e. The van der Waals surface area contributed by atoms with Crippen molar-refractivity contribution >= 4 is 19.9 Å². The average molecular weight is 309 g/mol. The van der Waals surface area contributed by atoms with Crippen molar-refractivity contribution in [1.82, 2.24) is 8.87 Å². The van der Waals surface area contributed by atoms with Gasteiger partial charge in [0.25, 0.3) is 0 Å². The fourth-order valence-corrected chi connectivity index (χ4v) is 3.50. The summed E-state index contributed by atoms with van der Waals surface area (Å²) in [5.74, 6) is -0.209. The summed E-state index contributed by atoms with van der Waals surface area (Å²) >= 11 is 0. The van der Waals surface area contributed by atoms with E-state index in [1.54, 1.807) is 11.6 Å². The normalized spacial score (nSPS) is 13.1. The lowest BCUT2D eigenvalue weighted by atomic mass is 10.4. The summed E-state index contributed by atoms with van der Waals surface area (Å²) in [6.45, 7) is 0.160. The maximum atomic E-state index is 12.2. The molecule has 7 nitrogen and oxygen atoms in total. The number of hydrogen-bond acceptors (Lipinski definition) is 5. The van der Waals surface area contributed by atoms with Gasteiger partial charge in [-0.2, -0.15) is 4.31 Å². The van der Waals surface area contributed by atoms with Crippen LogP contribution < -0.4 is 5.73 Å². The third kappa shape index (κ3) is 4.03. The lowest BCUT2D eigenvalue weighted by molar-refractivity contribution is 0.484. The minimum absolute atomic E-state index is 0.0754. The van der Waals surface area contributed by atoms with Crippen molar-refractivity contribution < 1.29 is 16.8 Å². The first kappa shape index (κ1) is 16.2. The van der Waals surface area contributed by atoms with Gasteiger partial charge in [0.1, 0.15) is 14.7 Å². The summed E-state index contributed by atoms with van der Waals surface area (Å²) in [6.07, 6.45) is 2.54. The fourth-order valence-electron chi connectivity index (χ4n) is 1.52. The maximum absolute atomic E-state index is 12.2. The van der Waals surface area contributed by atoms with Gasteiger partial charge in [-0.05, 0) is 6.07 Å². The number of sulfone groups is 1. The van der Waals surface area contributed by atoms with Crippen molar-refractivity contribution in [2.75, 3.05) is 25.6 Å². The van der Waals surface area contributed by atoms with Gasteiger partial charge in [0.2, 0.25) is 10.0 Å². The predicted octanol–water partition coefficient (Wildman–Crippen LogP) is -0.851. The second-order valence-electron chi connectivity index (χ2n) is 4.44. The molecule has 1 heterocycles. The highest BCUT2D eigenvalue weighted by Gasteiger charge is 2.23. The van der Waals surface area contributed by atoms with Crippen LogP contribution >= 0.6 is 0 Å². The first-order valence-corrected chi connectivity index (χ1v) is 9.07. The van der Waals surface area contributed by atoms with E-state index < -0.39 is 19.9 Å². The zero-order valence-corrected chi connectivity index (χ0v) is 12.8. The van der Waals surface area contributed by atoms with Crippen LogP contribution in [0.5, 0.6) is 0 Å². The molecule has 1 rings (SSSR count). The molecule has 1 aromatic heterocycles. The van der Waals surface area contributed by atoms with Gasteiger partial charge in [0, 0.05) is 45.3 Å². The number of sulfonamides is 1. The molecule has 0 bridgehead atoms. The third-order valence-corrected chi connectivity index (χ3v) is 5.52. The predicted molar refractivity (Wildman–Crippen MR) is 72.8 cm³/mol. The molecule has 9 heteroatoms. The van der Waals surface area contributed by atoms with Gasteiger partial charge in [0.15, 0.2) is 0 Å². The van der Waals surface area contributed by atoms with Crippen LogP contribution in [0, 0.1) is 0 Å². The van der Waals surface area contributed by atoms with Crippen molar-refractivity contribution in [2.45, 2.75) is 11.4 Å². The molecule has 0 amide bonds. The van der Waals surface area contributed by atoms with E-state index in [4.69, 9.17) is 5.73 Å². The van der Waals surface area contributed by atoms with E-state index in [9.17, 15) is 16.8 Å². The molecule has 0 aromatic carbocycles. The summed E-state index contributed by atoms with van der Waals surface area (Å²) in [4.78, 5) is 0.117. The Bertz CT molecular complexity index is 646. The highest BCUT2D eigenvalue weighted by molar-refractivity contribution is 7.91. The van der Waals surface area contributed by atoms with E-state index in [0.717, 1.165) is 10.6 Å². The standard InChI is InChI=1S/C10H19N3O4S2/c1-12-8-10(6-9(12)7-11)19(16,17)13(2)4-5-18(3,14)15/h6,8H,4-5,7,11H2,1-3H3. The molecule has 0 atom stereocenters. The van der Waals surface area contributed by atoms with Crippen LogP contribution in [-0.2, 0) is 33.5 Å². The van der Waals surface area contributed by atoms with Gasteiger partial charge in [-0.1, -0.05) is 0 Å². The Morgan fingerprint density at radius 2 is 1.89 bits per heavy atom. The molecule has 0 fully saturated rings. The quantitative estimate of drug-likeness (QED) is 0.737. The number of aryl methyl sites for hydroxylation is 1. The molecule has 0 radical (unpaired) electrons. The Balaban J connectivity index is 2.96. The van der Waals surface area contributed by atoms with Gasteiger partial charge in [-0.25, -0.2) is 16.8 Å². The van der Waals surface area contributed by atoms with Gasteiger partial charge >= 0.3 is 0 Å². The Labute approximate surface area is 114 Å². The number of nitrogens with zero attached hydrogens (tertiary/aromatic N) is 2. The zero-order valence-electron chi connectivity index (χ0n) is 11.2. The Hall–Kier alpha value is -0.900. The van der Waals surface area contributed by atoms with Crippen LogP contribution in [0.15, 0.2) is 17.2 Å². The molecule has 0 saturated heterocycles. The van der Waals surface area contributed by atoms with E-state index in [2.05, 4.69) is 0 Å². The van der Waals surface area contributed by atoms with Crippen LogP contribution in [-0.4, -0.2) is 51.3 Å². The van der Waals surface area contributed by atoms with E-state index in [0.29, 0.717) is 5.69 Å². The Kier molecular flexibility index (Phi) is 4.77. The van der Waals surface area contributed by atoms with E-state index in [1.165, 1.54) is 19.3 Å². The van der Waals surface area contributed by atoms with Crippen LogP contribution in [0.3, 0.4) is 0 Å². The summed E-state index contributed by atoms with van der Waals surface area (Å²) in [7, 11) is -3.82. The monoisotopic (exact) mass is 309 g/mol. The number of aromatic nitrogens is 1. The van der Waals surface area contributed by atoms with Crippen LogP contribution in [0.2, 0.25) is 0 Å². The molecular weight excluding hydrogens is 290 g/mol. The summed E-state index contributed by atoms with van der Waals surface area (Å²) in [6, 6.07) is 1.49. The molecule has 0 aliphatic carbocycles.